The van der Waals surface area contributed by atoms with Gasteiger partial charge in [-0.2, -0.15) is 0 Å². The minimum atomic E-state index is -0.671. The molecule has 0 aliphatic heterocycles. The molecular formula is C12H18N4O. The number of fused-ring (bicyclic) bond motifs is 1. The monoisotopic (exact) mass is 234 g/mol. The number of aromatic nitrogens is 2. The number of rotatable bonds is 3. The molecule has 1 unspecified atom stereocenters. The minimum absolute atomic E-state index is 0.198. The summed E-state index contributed by atoms with van der Waals surface area (Å²) in [6.45, 7) is 2.08. The molecule has 2 rings (SSSR count). The van der Waals surface area contributed by atoms with Gasteiger partial charge in [-0.05, 0) is 13.0 Å². The van der Waals surface area contributed by atoms with E-state index >= 15 is 0 Å². The average Bonchev–Trinajstić information content (AvgIpc) is 2.62. The number of pyridine rings is 1. The van der Waals surface area contributed by atoms with E-state index < -0.39 is 6.10 Å². The van der Waals surface area contributed by atoms with E-state index in [1.807, 2.05) is 48.6 Å². The topological polar surface area (TPSA) is 66.8 Å². The predicted molar refractivity (Wildman–Crippen MR) is 68.3 cm³/mol. The van der Waals surface area contributed by atoms with E-state index in [4.69, 9.17) is 5.73 Å². The van der Waals surface area contributed by atoms with Crippen LogP contribution in [0.3, 0.4) is 0 Å². The van der Waals surface area contributed by atoms with Gasteiger partial charge in [0.05, 0.1) is 11.4 Å². The van der Waals surface area contributed by atoms with Crippen molar-refractivity contribution in [2.75, 3.05) is 25.5 Å². The van der Waals surface area contributed by atoms with Crippen LogP contribution in [-0.2, 0) is 0 Å². The molecule has 5 nitrogen and oxygen atoms in total. The van der Waals surface area contributed by atoms with Gasteiger partial charge in [0.1, 0.15) is 11.8 Å². The highest BCUT2D eigenvalue weighted by Crippen LogP contribution is 2.22. The SMILES string of the molecule is Cc1nc2cc(N(C)C)ccn2c1C(O)CN. The first kappa shape index (κ1) is 11.9. The summed E-state index contributed by atoms with van der Waals surface area (Å²) in [6, 6.07) is 3.97. The Balaban J connectivity index is 2.60. The molecule has 17 heavy (non-hydrogen) atoms. The van der Waals surface area contributed by atoms with Gasteiger partial charge in [-0.15, -0.1) is 0 Å². The smallest absolute Gasteiger partial charge is 0.139 e. The number of nitrogens with two attached hydrogens (primary N) is 1. The molecule has 0 bridgehead atoms. The van der Waals surface area contributed by atoms with Crippen molar-refractivity contribution in [2.45, 2.75) is 13.0 Å². The number of aliphatic hydroxyl groups is 1. The molecule has 2 heterocycles. The van der Waals surface area contributed by atoms with Crippen LogP contribution in [0.5, 0.6) is 0 Å². The van der Waals surface area contributed by atoms with Gasteiger partial charge in [-0.1, -0.05) is 0 Å². The summed E-state index contributed by atoms with van der Waals surface area (Å²) in [4.78, 5) is 6.46. The highest BCUT2D eigenvalue weighted by molar-refractivity contribution is 5.57. The number of aryl methyl sites for hydroxylation is 1. The van der Waals surface area contributed by atoms with Gasteiger partial charge in [-0.3, -0.25) is 0 Å². The maximum atomic E-state index is 9.88. The molecule has 0 saturated heterocycles. The van der Waals surface area contributed by atoms with Gasteiger partial charge in [0.25, 0.3) is 0 Å². The van der Waals surface area contributed by atoms with Gasteiger partial charge in [0.15, 0.2) is 0 Å². The molecule has 0 aromatic carbocycles. The lowest BCUT2D eigenvalue weighted by Gasteiger charge is -2.13. The average molecular weight is 234 g/mol. The van der Waals surface area contributed by atoms with Crippen LogP contribution in [0, 0.1) is 6.92 Å². The quantitative estimate of drug-likeness (QED) is 0.820. The molecule has 5 heteroatoms. The minimum Gasteiger partial charge on any atom is -0.385 e. The second kappa shape index (κ2) is 4.35. The van der Waals surface area contributed by atoms with Crippen LogP contribution >= 0.6 is 0 Å². The Morgan fingerprint density at radius 3 is 2.82 bits per heavy atom. The Kier molecular flexibility index (Phi) is 3.04. The van der Waals surface area contributed by atoms with E-state index in [1.54, 1.807) is 0 Å². The van der Waals surface area contributed by atoms with Crippen LogP contribution < -0.4 is 10.6 Å². The fraction of sp³-hybridized carbons (Fsp3) is 0.417. The normalized spacial score (nSPS) is 13.0. The Labute approximate surface area is 100 Å². The number of anilines is 1. The summed E-state index contributed by atoms with van der Waals surface area (Å²) in [5.74, 6) is 0. The van der Waals surface area contributed by atoms with Crippen LogP contribution in [0.2, 0.25) is 0 Å². The third kappa shape index (κ3) is 1.99. The Hall–Kier alpha value is -1.59. The van der Waals surface area contributed by atoms with E-state index in [-0.39, 0.29) is 6.54 Å². The van der Waals surface area contributed by atoms with Gasteiger partial charge >= 0.3 is 0 Å². The summed E-state index contributed by atoms with van der Waals surface area (Å²) >= 11 is 0. The number of hydrogen-bond donors (Lipinski definition) is 2. The first-order valence-electron chi connectivity index (χ1n) is 5.58. The van der Waals surface area contributed by atoms with Gasteiger partial charge in [0, 0.05) is 38.6 Å². The van der Waals surface area contributed by atoms with Crippen molar-refractivity contribution in [1.29, 1.82) is 0 Å². The second-order valence-electron chi connectivity index (χ2n) is 4.34. The number of aliphatic hydroxyl groups excluding tert-OH is 1. The van der Waals surface area contributed by atoms with Crippen LogP contribution in [0.15, 0.2) is 18.3 Å². The lowest BCUT2D eigenvalue weighted by Crippen LogP contribution is -2.14. The lowest BCUT2D eigenvalue weighted by atomic mass is 10.2. The van der Waals surface area contributed by atoms with Crippen molar-refractivity contribution in [2.24, 2.45) is 5.73 Å². The summed E-state index contributed by atoms with van der Waals surface area (Å²) in [7, 11) is 3.97. The zero-order valence-corrected chi connectivity index (χ0v) is 10.4. The highest BCUT2D eigenvalue weighted by Gasteiger charge is 2.16. The molecule has 0 radical (unpaired) electrons. The molecule has 2 aromatic heterocycles. The fourth-order valence-electron chi connectivity index (χ4n) is 1.96. The van der Waals surface area contributed by atoms with Crippen molar-refractivity contribution < 1.29 is 5.11 Å². The zero-order valence-electron chi connectivity index (χ0n) is 10.4. The van der Waals surface area contributed by atoms with Crippen molar-refractivity contribution in [3.8, 4) is 0 Å². The van der Waals surface area contributed by atoms with Crippen molar-refractivity contribution >= 4 is 11.3 Å². The maximum absolute atomic E-state index is 9.88. The van der Waals surface area contributed by atoms with E-state index in [0.29, 0.717) is 0 Å². The Morgan fingerprint density at radius 2 is 2.24 bits per heavy atom. The molecule has 2 aromatic rings. The molecule has 0 saturated carbocycles. The van der Waals surface area contributed by atoms with Crippen LogP contribution in [0.4, 0.5) is 5.69 Å². The highest BCUT2D eigenvalue weighted by atomic mass is 16.3. The third-order valence-electron chi connectivity index (χ3n) is 2.89. The fourth-order valence-corrected chi connectivity index (χ4v) is 1.96. The van der Waals surface area contributed by atoms with Crippen molar-refractivity contribution in [3.05, 3.63) is 29.7 Å². The zero-order chi connectivity index (χ0) is 12.6. The number of nitrogens with zero attached hydrogens (tertiary/aromatic N) is 3. The molecular weight excluding hydrogens is 216 g/mol. The lowest BCUT2D eigenvalue weighted by molar-refractivity contribution is 0.180. The molecule has 0 aliphatic rings. The van der Waals surface area contributed by atoms with E-state index in [1.165, 1.54) is 0 Å². The Morgan fingerprint density at radius 1 is 1.53 bits per heavy atom. The van der Waals surface area contributed by atoms with Crippen LogP contribution in [0.25, 0.3) is 5.65 Å². The van der Waals surface area contributed by atoms with Crippen molar-refractivity contribution in [1.82, 2.24) is 9.38 Å². The summed E-state index contributed by atoms with van der Waals surface area (Å²) in [5.41, 5.74) is 9.00. The van der Waals surface area contributed by atoms with Gasteiger partial charge in [-0.25, -0.2) is 4.98 Å². The van der Waals surface area contributed by atoms with Crippen LogP contribution in [0.1, 0.15) is 17.5 Å². The molecule has 0 amide bonds. The summed E-state index contributed by atoms with van der Waals surface area (Å²) < 4.78 is 1.89. The molecule has 0 spiro atoms. The van der Waals surface area contributed by atoms with E-state index in [2.05, 4.69) is 4.98 Å². The van der Waals surface area contributed by atoms with Crippen molar-refractivity contribution in [3.63, 3.8) is 0 Å². The molecule has 3 N–H and O–H groups in total. The standard InChI is InChI=1S/C12H18N4O/c1-8-12(10(17)7-13)16-5-4-9(15(2)3)6-11(16)14-8/h4-6,10,17H,7,13H2,1-3H3. The summed E-state index contributed by atoms with van der Waals surface area (Å²) in [5, 5.41) is 9.88. The van der Waals surface area contributed by atoms with Crippen LogP contribution in [-0.4, -0.2) is 35.1 Å². The van der Waals surface area contributed by atoms with E-state index in [9.17, 15) is 5.11 Å². The largest absolute Gasteiger partial charge is 0.385 e. The number of imidazole rings is 1. The third-order valence-corrected chi connectivity index (χ3v) is 2.89. The maximum Gasteiger partial charge on any atom is 0.139 e. The first-order chi connectivity index (χ1) is 8.04. The number of hydrogen-bond acceptors (Lipinski definition) is 4. The predicted octanol–water partition coefficient (Wildman–Crippen LogP) is 0.701. The van der Waals surface area contributed by atoms with Gasteiger partial charge < -0.3 is 20.1 Å². The summed E-state index contributed by atoms with van der Waals surface area (Å²) in [6.07, 6.45) is 1.24. The first-order valence-corrected chi connectivity index (χ1v) is 5.58. The molecule has 0 fully saturated rings. The second-order valence-corrected chi connectivity index (χ2v) is 4.34. The Bertz CT molecular complexity index is 533. The van der Waals surface area contributed by atoms with Gasteiger partial charge in [0.2, 0.25) is 0 Å². The molecule has 92 valence electrons. The molecule has 0 aliphatic carbocycles. The van der Waals surface area contributed by atoms with E-state index in [0.717, 1.165) is 22.7 Å². The molecule has 1 atom stereocenters.